The summed E-state index contributed by atoms with van der Waals surface area (Å²) in [4.78, 5) is 23.6. The van der Waals surface area contributed by atoms with Crippen LogP contribution in [0.5, 0.6) is 0 Å². The van der Waals surface area contributed by atoms with Crippen LogP contribution in [0.3, 0.4) is 0 Å². The molecule has 8 nitrogen and oxygen atoms in total. The summed E-state index contributed by atoms with van der Waals surface area (Å²) in [6.45, 7) is -0.218. The number of rotatable bonds is 6. The Morgan fingerprint density at radius 2 is 1.88 bits per heavy atom. The molecule has 0 aliphatic rings. The van der Waals surface area contributed by atoms with Crippen molar-refractivity contribution in [1.82, 2.24) is 4.31 Å². The van der Waals surface area contributed by atoms with Gasteiger partial charge in [0.1, 0.15) is 6.61 Å². The summed E-state index contributed by atoms with van der Waals surface area (Å²) in [6.07, 6.45) is 1.28. The van der Waals surface area contributed by atoms with Crippen molar-refractivity contribution in [1.29, 1.82) is 0 Å². The Kier molecular flexibility index (Phi) is 5.60. The summed E-state index contributed by atoms with van der Waals surface area (Å²) in [5.41, 5.74) is 0.420. The minimum absolute atomic E-state index is 0.0227. The molecule has 0 aliphatic carbocycles. The van der Waals surface area contributed by atoms with Gasteiger partial charge in [-0.3, -0.25) is 0 Å². The van der Waals surface area contributed by atoms with E-state index in [1.165, 1.54) is 57.8 Å². The van der Waals surface area contributed by atoms with Gasteiger partial charge in [0.25, 0.3) is 0 Å². The van der Waals surface area contributed by atoms with E-state index in [1.54, 1.807) is 0 Å². The molecule has 0 saturated heterocycles. The van der Waals surface area contributed by atoms with Crippen LogP contribution in [0.15, 0.2) is 45.9 Å². The maximum atomic E-state index is 12.2. The molecule has 2 aromatic rings. The van der Waals surface area contributed by atoms with Gasteiger partial charge in [0.05, 0.1) is 23.8 Å². The Balaban J connectivity index is 2.15. The fraction of sp³-hybridized carbons (Fsp3) is 0.250. The molecule has 1 heterocycles. The molecule has 0 fully saturated rings. The molecule has 25 heavy (non-hydrogen) atoms. The average Bonchev–Trinajstić information content (AvgIpc) is 3.07. The van der Waals surface area contributed by atoms with Crippen molar-refractivity contribution in [2.24, 2.45) is 0 Å². The van der Waals surface area contributed by atoms with E-state index in [-0.39, 0.29) is 22.8 Å². The standard InChI is InChI=1S/C16H17NO7S/c1-17(2)25(20,21)13-6-4-5-11(9-13)15(18)24-10-12-7-8-23-14(12)16(19)22-3/h4-9H,10H2,1-3H3. The van der Waals surface area contributed by atoms with Crippen molar-refractivity contribution in [2.45, 2.75) is 11.5 Å². The fourth-order valence-corrected chi connectivity index (χ4v) is 2.89. The lowest BCUT2D eigenvalue weighted by atomic mass is 10.2. The Bertz CT molecular complexity index is 883. The van der Waals surface area contributed by atoms with Crippen molar-refractivity contribution in [3.63, 3.8) is 0 Å². The molecule has 0 aliphatic heterocycles. The molecule has 0 bridgehead atoms. The van der Waals surface area contributed by atoms with Gasteiger partial charge in [-0.1, -0.05) is 6.07 Å². The summed E-state index contributed by atoms with van der Waals surface area (Å²) >= 11 is 0. The van der Waals surface area contributed by atoms with E-state index in [0.29, 0.717) is 5.56 Å². The highest BCUT2D eigenvalue weighted by atomic mass is 32.2. The number of ether oxygens (including phenoxy) is 2. The average molecular weight is 367 g/mol. The number of nitrogens with zero attached hydrogens (tertiary/aromatic N) is 1. The lowest BCUT2D eigenvalue weighted by Gasteiger charge is -2.12. The van der Waals surface area contributed by atoms with Crippen LogP contribution in [0.2, 0.25) is 0 Å². The van der Waals surface area contributed by atoms with E-state index in [4.69, 9.17) is 9.15 Å². The number of sulfonamides is 1. The number of hydrogen-bond acceptors (Lipinski definition) is 7. The molecule has 1 aromatic carbocycles. The minimum Gasteiger partial charge on any atom is -0.463 e. The highest BCUT2D eigenvalue weighted by Crippen LogP contribution is 2.17. The third kappa shape index (κ3) is 4.06. The zero-order chi connectivity index (χ0) is 18.6. The summed E-state index contributed by atoms with van der Waals surface area (Å²) in [7, 11) is 0.335. The normalized spacial score (nSPS) is 11.4. The Morgan fingerprint density at radius 3 is 2.52 bits per heavy atom. The highest BCUT2D eigenvalue weighted by molar-refractivity contribution is 7.89. The minimum atomic E-state index is -3.66. The van der Waals surface area contributed by atoms with Crippen molar-refractivity contribution < 1.29 is 31.9 Å². The number of hydrogen-bond donors (Lipinski definition) is 0. The number of esters is 2. The molecule has 0 spiro atoms. The van der Waals surface area contributed by atoms with Crippen LogP contribution in [0, 0.1) is 0 Å². The van der Waals surface area contributed by atoms with Crippen molar-refractivity contribution in [3.05, 3.63) is 53.5 Å². The topological polar surface area (TPSA) is 103 Å². The van der Waals surface area contributed by atoms with E-state index < -0.39 is 22.0 Å². The van der Waals surface area contributed by atoms with Gasteiger partial charge in [-0.2, -0.15) is 0 Å². The largest absolute Gasteiger partial charge is 0.463 e. The van der Waals surface area contributed by atoms with Gasteiger partial charge in [0.2, 0.25) is 15.8 Å². The number of carbonyl (C=O) groups is 2. The van der Waals surface area contributed by atoms with E-state index in [0.717, 1.165) is 4.31 Å². The highest BCUT2D eigenvalue weighted by Gasteiger charge is 2.20. The molecule has 9 heteroatoms. The third-order valence-electron chi connectivity index (χ3n) is 3.32. The van der Waals surface area contributed by atoms with Crippen LogP contribution in [0.1, 0.15) is 26.5 Å². The van der Waals surface area contributed by atoms with Gasteiger partial charge < -0.3 is 13.9 Å². The molecule has 0 atom stereocenters. The predicted molar refractivity (Wildman–Crippen MR) is 86.5 cm³/mol. The maximum absolute atomic E-state index is 12.2. The van der Waals surface area contributed by atoms with Gasteiger partial charge >= 0.3 is 11.9 Å². The van der Waals surface area contributed by atoms with Gasteiger partial charge in [-0.25, -0.2) is 22.3 Å². The van der Waals surface area contributed by atoms with Crippen molar-refractivity contribution in [2.75, 3.05) is 21.2 Å². The van der Waals surface area contributed by atoms with Crippen LogP contribution < -0.4 is 0 Å². The zero-order valence-electron chi connectivity index (χ0n) is 13.9. The van der Waals surface area contributed by atoms with Crippen LogP contribution in [0.4, 0.5) is 0 Å². The predicted octanol–water partition coefficient (Wildman–Crippen LogP) is 1.67. The second kappa shape index (κ2) is 7.49. The molecular formula is C16H17NO7S. The lowest BCUT2D eigenvalue weighted by molar-refractivity contribution is 0.0453. The molecule has 0 saturated carbocycles. The summed E-state index contributed by atoms with van der Waals surface area (Å²) in [5, 5.41) is 0. The first-order valence-corrected chi connectivity index (χ1v) is 8.55. The first-order chi connectivity index (χ1) is 11.8. The van der Waals surface area contributed by atoms with E-state index in [1.807, 2.05) is 0 Å². The smallest absolute Gasteiger partial charge is 0.374 e. The van der Waals surface area contributed by atoms with E-state index in [2.05, 4.69) is 4.74 Å². The second-order valence-electron chi connectivity index (χ2n) is 5.16. The summed E-state index contributed by atoms with van der Waals surface area (Å²) in [5.74, 6) is -1.47. The van der Waals surface area contributed by atoms with Crippen LogP contribution in [-0.2, 0) is 26.1 Å². The fourth-order valence-electron chi connectivity index (χ4n) is 1.94. The molecule has 0 amide bonds. The van der Waals surface area contributed by atoms with Gasteiger partial charge in [-0.05, 0) is 24.3 Å². The molecule has 0 radical (unpaired) electrons. The van der Waals surface area contributed by atoms with Gasteiger partial charge in [-0.15, -0.1) is 0 Å². The first kappa shape index (κ1) is 18.7. The van der Waals surface area contributed by atoms with Crippen LogP contribution in [0.25, 0.3) is 0 Å². The Hall–Kier alpha value is -2.65. The number of furan rings is 1. The molecule has 0 unspecified atom stereocenters. The summed E-state index contributed by atoms with van der Waals surface area (Å²) < 4.78 is 39.9. The second-order valence-corrected chi connectivity index (χ2v) is 7.31. The summed E-state index contributed by atoms with van der Waals surface area (Å²) in [6, 6.07) is 6.98. The molecule has 2 rings (SSSR count). The molecular weight excluding hydrogens is 350 g/mol. The van der Waals surface area contributed by atoms with Crippen LogP contribution in [-0.4, -0.2) is 45.9 Å². The monoisotopic (exact) mass is 367 g/mol. The molecule has 0 N–H and O–H groups in total. The maximum Gasteiger partial charge on any atom is 0.374 e. The number of methoxy groups -OCH3 is 1. The van der Waals surface area contributed by atoms with E-state index >= 15 is 0 Å². The lowest BCUT2D eigenvalue weighted by Crippen LogP contribution is -2.22. The Labute approximate surface area is 145 Å². The number of carbonyl (C=O) groups excluding carboxylic acids is 2. The van der Waals surface area contributed by atoms with E-state index in [9.17, 15) is 18.0 Å². The SMILES string of the molecule is COC(=O)c1occc1COC(=O)c1cccc(S(=O)(=O)N(C)C)c1. The van der Waals surface area contributed by atoms with Gasteiger partial charge in [0, 0.05) is 19.7 Å². The van der Waals surface area contributed by atoms with Crippen LogP contribution >= 0.6 is 0 Å². The van der Waals surface area contributed by atoms with Crippen molar-refractivity contribution in [3.8, 4) is 0 Å². The molecule has 1 aromatic heterocycles. The number of benzene rings is 1. The third-order valence-corrected chi connectivity index (χ3v) is 5.14. The van der Waals surface area contributed by atoms with Crippen molar-refractivity contribution >= 4 is 22.0 Å². The molecule has 134 valence electrons. The Morgan fingerprint density at radius 1 is 1.16 bits per heavy atom. The first-order valence-electron chi connectivity index (χ1n) is 7.11. The van der Waals surface area contributed by atoms with Gasteiger partial charge in [0.15, 0.2) is 0 Å². The quantitative estimate of drug-likeness (QED) is 0.716. The zero-order valence-corrected chi connectivity index (χ0v) is 14.7.